The molecule has 0 unspecified atom stereocenters. The first-order valence-electron chi connectivity index (χ1n) is 21.2. The zero-order valence-electron chi connectivity index (χ0n) is 36.2. The Labute approximate surface area is 378 Å². The van der Waals surface area contributed by atoms with Crippen molar-refractivity contribution >= 4 is 46.4 Å². The molecule has 0 spiro atoms. The average molecular weight is 904 g/mol. The molecule has 66 heavy (non-hydrogen) atoms. The maximum Gasteiger partial charge on any atom is 0.326 e. The normalized spacial score (nSPS) is 14.0. The van der Waals surface area contributed by atoms with Gasteiger partial charge in [0.15, 0.2) is 0 Å². The number of imidazole rings is 2. The van der Waals surface area contributed by atoms with Gasteiger partial charge in [0.25, 0.3) is 0 Å². The smallest absolute Gasteiger partial charge is 0.326 e. The van der Waals surface area contributed by atoms with Crippen molar-refractivity contribution in [2.24, 2.45) is 11.7 Å². The second kappa shape index (κ2) is 22.1. The largest absolute Gasteiger partial charge is 0.508 e. The summed E-state index contributed by atoms with van der Waals surface area (Å²) >= 11 is 0. The van der Waals surface area contributed by atoms with Gasteiger partial charge in [0.05, 0.1) is 18.7 Å². The van der Waals surface area contributed by atoms with Gasteiger partial charge in [0, 0.05) is 73.0 Å². The molecule has 0 saturated carbocycles. The van der Waals surface area contributed by atoms with Crippen LogP contribution in [0.15, 0.2) is 104 Å². The third kappa shape index (κ3) is 13.0. The number of phenols is 2. The molecule has 0 aliphatic heterocycles. The van der Waals surface area contributed by atoms with Crippen LogP contribution in [0, 0.1) is 5.92 Å². The summed E-state index contributed by atoms with van der Waals surface area (Å²) in [5.74, 6) is -5.69. The number of H-pyrrole nitrogens is 3. The highest BCUT2D eigenvalue weighted by molar-refractivity contribution is 5.97. The number of carbonyl (C=O) groups is 6. The highest BCUT2D eigenvalue weighted by Crippen LogP contribution is 2.20. The number of nitrogens with one attached hydrogen (secondary N) is 8. The number of nitrogens with two attached hydrogens (primary N) is 1. The number of aromatic nitrogens is 5. The van der Waals surface area contributed by atoms with Crippen molar-refractivity contribution in [3.8, 4) is 11.5 Å². The van der Waals surface area contributed by atoms with Crippen LogP contribution in [0.2, 0.25) is 0 Å². The first-order chi connectivity index (χ1) is 31.6. The van der Waals surface area contributed by atoms with Crippen LogP contribution in [-0.4, -0.2) is 112 Å². The first kappa shape index (κ1) is 47.5. The van der Waals surface area contributed by atoms with Gasteiger partial charge >= 0.3 is 5.97 Å². The third-order valence-electron chi connectivity index (χ3n) is 10.9. The van der Waals surface area contributed by atoms with E-state index in [-0.39, 0.29) is 43.6 Å². The molecule has 20 heteroatoms. The Kier molecular flexibility index (Phi) is 15.9. The zero-order valence-corrected chi connectivity index (χ0v) is 36.2. The van der Waals surface area contributed by atoms with Gasteiger partial charge in [0.2, 0.25) is 29.5 Å². The van der Waals surface area contributed by atoms with Crippen molar-refractivity contribution < 1.29 is 44.1 Å². The van der Waals surface area contributed by atoms with Gasteiger partial charge in [-0.1, -0.05) is 56.3 Å². The Bertz CT molecular complexity index is 2580. The Morgan fingerprint density at radius 1 is 0.576 bits per heavy atom. The summed E-state index contributed by atoms with van der Waals surface area (Å²) in [7, 11) is 0. The van der Waals surface area contributed by atoms with Gasteiger partial charge in [-0.2, -0.15) is 0 Å². The minimum absolute atomic E-state index is 0.0436. The molecule has 5 amide bonds. The SMILES string of the molecule is CC(C)[C@H](NC(=O)[C@@H](N)Cc1cnc[nH]1)C(=O)N[C@@H](Cc1cnc[nH]1)C(=O)N[C@@H](Cc1ccc(O)cc1)C(=O)N[C@@H](Cc1ccc(O)cc1)C(=O)N[C@@H](Cc1c[nH]c2ccccc12)C(=O)O. The summed E-state index contributed by atoms with van der Waals surface area (Å²) < 4.78 is 0. The topological polar surface area (TPSA) is 322 Å². The van der Waals surface area contributed by atoms with Crippen LogP contribution < -0.4 is 32.3 Å². The Balaban J connectivity index is 1.24. The van der Waals surface area contributed by atoms with Crippen LogP contribution in [-0.2, 0) is 60.9 Å². The van der Waals surface area contributed by atoms with E-state index in [4.69, 9.17) is 5.73 Å². The highest BCUT2D eigenvalue weighted by atomic mass is 16.4. The molecular formula is C46H53N11O9. The van der Waals surface area contributed by atoms with Crippen molar-refractivity contribution in [3.63, 3.8) is 0 Å². The molecule has 3 aromatic heterocycles. The lowest BCUT2D eigenvalue weighted by atomic mass is 10.00. The number of fused-ring (bicyclic) bond motifs is 1. The standard InChI is InChI=1S/C46H53N11O9/c1-25(2)40(57-41(60)34(47)18-29-21-48-23-51-29)45(64)55-38(19-30-22-49-24-52-30)44(63)54-36(15-26-7-11-31(58)12-8-26)42(61)53-37(16-27-9-13-32(59)14-10-27)43(62)56-39(46(65)66)17-28-20-50-35-6-4-3-5-33(28)35/h3-14,20-25,34,36-40,50,58-59H,15-19,47H2,1-2H3,(H,48,51)(H,49,52)(H,53,61)(H,54,63)(H,55,64)(H,56,62)(H,57,60)(H,65,66)/t34-,36-,37-,38-,39-,40-/m0/s1. The second-order valence-electron chi connectivity index (χ2n) is 16.3. The molecule has 0 aliphatic carbocycles. The average Bonchev–Trinajstić information content (AvgIpc) is 4.09. The maximum atomic E-state index is 14.5. The molecule has 3 heterocycles. The Morgan fingerprint density at radius 3 is 1.56 bits per heavy atom. The monoisotopic (exact) mass is 903 g/mol. The number of aromatic hydroxyl groups is 2. The summed E-state index contributed by atoms with van der Waals surface area (Å²) in [5, 5.41) is 44.4. The predicted molar refractivity (Wildman–Crippen MR) is 240 cm³/mol. The fourth-order valence-corrected chi connectivity index (χ4v) is 7.30. The van der Waals surface area contributed by atoms with Crippen LogP contribution in [0.25, 0.3) is 10.9 Å². The number of aliphatic carboxylic acids is 1. The first-order valence-corrected chi connectivity index (χ1v) is 21.2. The molecule has 0 bridgehead atoms. The molecular weight excluding hydrogens is 851 g/mol. The number of rotatable bonds is 22. The number of benzene rings is 3. The van der Waals surface area contributed by atoms with Gasteiger partial charge in [0.1, 0.15) is 41.7 Å². The van der Waals surface area contributed by atoms with Gasteiger partial charge in [-0.05, 0) is 52.9 Å². The molecule has 20 nitrogen and oxygen atoms in total. The van der Waals surface area contributed by atoms with E-state index in [0.717, 1.165) is 10.9 Å². The number of phenolic OH excluding ortho intramolecular Hbond substituents is 2. The van der Waals surface area contributed by atoms with Gasteiger partial charge in [-0.25, -0.2) is 14.8 Å². The third-order valence-corrected chi connectivity index (χ3v) is 10.9. The number of hydrogen-bond acceptors (Lipinski definition) is 11. The van der Waals surface area contributed by atoms with E-state index in [1.807, 2.05) is 24.3 Å². The number of amides is 5. The van der Waals surface area contributed by atoms with E-state index < -0.39 is 77.7 Å². The molecule has 6 rings (SSSR count). The fourth-order valence-electron chi connectivity index (χ4n) is 7.30. The van der Waals surface area contributed by atoms with Crippen LogP contribution >= 0.6 is 0 Å². The Hall–Kier alpha value is -8.00. The lowest BCUT2D eigenvalue weighted by Crippen LogP contribution is -2.61. The molecule has 346 valence electrons. The van der Waals surface area contributed by atoms with Crippen LogP contribution in [0.3, 0.4) is 0 Å². The molecule has 0 radical (unpaired) electrons. The number of carboxylic acid groups (broad SMARTS) is 1. The Morgan fingerprint density at radius 2 is 1.06 bits per heavy atom. The number of carboxylic acids is 1. The van der Waals surface area contributed by atoms with Gasteiger partial charge in [-0.3, -0.25) is 24.0 Å². The van der Waals surface area contributed by atoms with E-state index >= 15 is 0 Å². The minimum Gasteiger partial charge on any atom is -0.508 e. The van der Waals surface area contributed by atoms with Crippen molar-refractivity contribution in [1.82, 2.24) is 51.5 Å². The van der Waals surface area contributed by atoms with E-state index in [1.54, 1.807) is 44.3 Å². The van der Waals surface area contributed by atoms with Crippen LogP contribution in [0.1, 0.15) is 41.9 Å². The van der Waals surface area contributed by atoms with Crippen molar-refractivity contribution in [2.45, 2.75) is 82.2 Å². The highest BCUT2D eigenvalue weighted by Gasteiger charge is 2.34. The number of nitrogens with zero attached hydrogens (tertiary/aromatic N) is 2. The van der Waals surface area contributed by atoms with Crippen molar-refractivity contribution in [1.29, 1.82) is 0 Å². The summed E-state index contributed by atoms with van der Waals surface area (Å²) in [5.41, 5.74) is 9.65. The number of carbonyl (C=O) groups excluding carboxylic acids is 5. The summed E-state index contributed by atoms with van der Waals surface area (Å²) in [6.07, 6.45) is 7.09. The molecule has 0 saturated heterocycles. The minimum atomic E-state index is -1.42. The summed E-state index contributed by atoms with van der Waals surface area (Å²) in [6, 6.07) is 11.3. The number of hydrogen-bond donors (Lipinski definition) is 12. The van der Waals surface area contributed by atoms with E-state index in [1.165, 1.54) is 49.3 Å². The number of aromatic amines is 3. The van der Waals surface area contributed by atoms with E-state index in [2.05, 4.69) is 51.5 Å². The molecule has 3 aromatic carbocycles. The van der Waals surface area contributed by atoms with Crippen molar-refractivity contribution in [3.05, 3.63) is 132 Å². The predicted octanol–water partition coefficient (Wildman–Crippen LogP) is 1.03. The lowest BCUT2D eigenvalue weighted by Gasteiger charge is -2.28. The lowest BCUT2D eigenvalue weighted by molar-refractivity contribution is -0.142. The summed E-state index contributed by atoms with van der Waals surface area (Å²) in [4.78, 5) is 99.7. The molecule has 0 fully saturated rings. The number of para-hydroxylation sites is 1. The summed E-state index contributed by atoms with van der Waals surface area (Å²) in [6.45, 7) is 3.41. The van der Waals surface area contributed by atoms with Crippen molar-refractivity contribution in [2.75, 3.05) is 0 Å². The zero-order chi connectivity index (χ0) is 47.3. The fraction of sp³-hybridized carbons (Fsp3) is 0.304. The molecule has 0 aliphatic rings. The van der Waals surface area contributed by atoms with Gasteiger partial charge in [-0.15, -0.1) is 0 Å². The molecule has 6 aromatic rings. The second-order valence-corrected chi connectivity index (χ2v) is 16.3. The van der Waals surface area contributed by atoms with E-state index in [9.17, 15) is 44.1 Å². The van der Waals surface area contributed by atoms with Gasteiger partial charge < -0.3 is 62.6 Å². The van der Waals surface area contributed by atoms with Crippen LogP contribution in [0.4, 0.5) is 0 Å². The van der Waals surface area contributed by atoms with Crippen LogP contribution in [0.5, 0.6) is 11.5 Å². The molecule has 13 N–H and O–H groups in total. The quantitative estimate of drug-likeness (QED) is 0.0455. The maximum absolute atomic E-state index is 14.5. The van der Waals surface area contributed by atoms with E-state index in [0.29, 0.717) is 28.1 Å². The molecule has 6 atom stereocenters.